The number of nitrogens with zero attached hydrogens (tertiary/aromatic N) is 5. The predicted octanol–water partition coefficient (Wildman–Crippen LogP) is 3.95. The molecule has 9 nitrogen and oxygen atoms in total. The van der Waals surface area contributed by atoms with E-state index in [0.29, 0.717) is 11.1 Å². The molecule has 0 saturated carbocycles. The monoisotopic (exact) mass is 518 g/mol. The zero-order valence-electron chi connectivity index (χ0n) is 28.9. The van der Waals surface area contributed by atoms with Crippen LogP contribution >= 0.6 is 0 Å². The lowest BCUT2D eigenvalue weighted by atomic mass is 10.0. The molecule has 4 aromatic rings. The van der Waals surface area contributed by atoms with Crippen molar-refractivity contribution in [3.8, 4) is 16.9 Å². The molecular weight excluding hydrogens is 480 g/mol. The molecule has 3 heterocycles. The Morgan fingerprint density at radius 3 is 2.26 bits per heavy atom. The van der Waals surface area contributed by atoms with Gasteiger partial charge in [-0.05, 0) is 43.2 Å². The molecule has 2 N–H and O–H groups in total. The van der Waals surface area contributed by atoms with Gasteiger partial charge in [-0.3, -0.25) is 9.59 Å². The Morgan fingerprint density at radius 1 is 0.947 bits per heavy atom. The van der Waals surface area contributed by atoms with E-state index in [0.717, 1.165) is 29.5 Å². The molecule has 194 valence electrons. The van der Waals surface area contributed by atoms with Crippen molar-refractivity contribution < 1.29 is 25.7 Å². The average Bonchev–Trinajstić information content (AvgIpc) is 3.28. The Labute approximate surface area is 232 Å². The lowest BCUT2D eigenvalue weighted by Crippen LogP contribution is -2.47. The quantitative estimate of drug-likeness (QED) is 0.294. The van der Waals surface area contributed by atoms with Crippen molar-refractivity contribution in [2.24, 2.45) is 7.05 Å². The van der Waals surface area contributed by atoms with Gasteiger partial charge in [0.25, 0.3) is 11.7 Å². The third-order valence-corrected chi connectivity index (χ3v) is 5.97. The molecule has 5 rings (SSSR count). The van der Waals surface area contributed by atoms with Crippen LogP contribution in [0, 0.1) is 13.8 Å². The fraction of sp³-hybridized carbons (Fsp3) is 0.241. The molecule has 0 atom stereocenters. The van der Waals surface area contributed by atoms with Gasteiger partial charge in [-0.2, -0.15) is 0 Å². The number of ketones is 1. The molecule has 0 unspecified atom stereocenters. The van der Waals surface area contributed by atoms with E-state index in [2.05, 4.69) is 15.3 Å². The second-order valence-electron chi connectivity index (χ2n) is 8.64. The van der Waals surface area contributed by atoms with Crippen molar-refractivity contribution in [2.45, 2.75) is 13.8 Å². The molecule has 0 aliphatic carbocycles. The highest BCUT2D eigenvalue weighted by Gasteiger charge is 2.26. The van der Waals surface area contributed by atoms with Crippen LogP contribution < -0.4 is 15.1 Å². The molecule has 1 saturated heterocycles. The first-order valence-electron chi connectivity index (χ1n) is 15.6. The third-order valence-electron chi connectivity index (χ3n) is 5.97. The highest BCUT2D eigenvalue weighted by Crippen LogP contribution is 2.32. The van der Waals surface area contributed by atoms with Crippen molar-refractivity contribution in [1.29, 1.82) is 0 Å². The molecule has 0 spiro atoms. The number of rotatable bonds is 6. The van der Waals surface area contributed by atoms with Crippen molar-refractivity contribution in [1.82, 2.24) is 14.5 Å². The molecule has 2 aromatic heterocycles. The number of aromatic hydroxyl groups is 1. The first-order chi connectivity index (χ1) is 21.3. The molecule has 1 fully saturated rings. The second-order valence-corrected chi connectivity index (χ2v) is 8.64. The Balaban J connectivity index is 1.48. The Kier molecular flexibility index (Phi) is 4.63. The fourth-order valence-electron chi connectivity index (χ4n) is 3.91. The summed E-state index contributed by atoms with van der Waals surface area (Å²) in [5.74, 6) is -3.31. The van der Waals surface area contributed by atoms with E-state index in [9.17, 15) is 14.7 Å². The molecule has 1 aliphatic heterocycles. The van der Waals surface area contributed by atoms with Gasteiger partial charge in [0.05, 0.1) is 16.7 Å². The molecule has 1 aliphatic rings. The van der Waals surface area contributed by atoms with E-state index in [1.54, 1.807) is 55.8 Å². The maximum absolute atomic E-state index is 13.4. The number of hydrogen-bond acceptors (Lipinski definition) is 7. The maximum atomic E-state index is 13.4. The van der Waals surface area contributed by atoms with Gasteiger partial charge >= 0.3 is 0 Å². The molecule has 1 amide bonds. The minimum atomic E-state index is -3.33. The normalized spacial score (nSPS) is 21.9. The number of anilines is 3. The van der Waals surface area contributed by atoms with Gasteiger partial charge in [-0.25, -0.2) is 9.97 Å². The largest absolute Gasteiger partial charge is 0.506 e. The van der Waals surface area contributed by atoms with Crippen molar-refractivity contribution in [3.05, 3.63) is 83.9 Å². The number of Topliss-reactive ketones (excluding diaryl/α,β-unsaturated/α-hetero) is 1. The van der Waals surface area contributed by atoms with Crippen molar-refractivity contribution in [3.63, 3.8) is 0 Å². The minimum absolute atomic E-state index is 0.106. The van der Waals surface area contributed by atoms with Gasteiger partial charge in [0.2, 0.25) is 5.95 Å². The number of phenols is 1. The van der Waals surface area contributed by atoms with Crippen LogP contribution in [0.2, 0.25) is 0 Å². The maximum Gasteiger partial charge on any atom is 0.298 e. The molecule has 9 heteroatoms. The topological polar surface area (TPSA) is 104 Å². The van der Waals surface area contributed by atoms with E-state index in [1.165, 1.54) is 12.4 Å². The first kappa shape index (κ1) is 17.0. The minimum Gasteiger partial charge on any atom is -0.506 e. The van der Waals surface area contributed by atoms with E-state index < -0.39 is 55.1 Å². The van der Waals surface area contributed by atoms with Gasteiger partial charge in [0.1, 0.15) is 11.4 Å². The summed E-state index contributed by atoms with van der Waals surface area (Å²) in [6.07, 6.45) is 2.52. The van der Waals surface area contributed by atoms with E-state index in [1.807, 2.05) is 6.07 Å². The summed E-state index contributed by atoms with van der Waals surface area (Å²) in [4.78, 5) is 34.7. The van der Waals surface area contributed by atoms with Gasteiger partial charge in [0, 0.05) is 68.4 Å². The number of aromatic nitrogens is 3. The predicted molar refractivity (Wildman–Crippen MR) is 148 cm³/mol. The van der Waals surface area contributed by atoms with Gasteiger partial charge in [0.15, 0.2) is 0 Å². The van der Waals surface area contributed by atoms with E-state index in [-0.39, 0.29) is 21.2 Å². The standard InChI is InChI=1S/C29H30N6O3/c1-19-17-30-29(31-18-19)35-13-11-34(12-14-35)24-10-9-22(16-25(24)36)32-28(38)27(37)26-23(15-20(2)33(26)3)21-7-5-4-6-8-21/h4-10,15-18,36H,11-14H2,1-3H3,(H,32,38)/i11D2,12D2,13D2,14D2. The second kappa shape index (κ2) is 10.4. The number of carbonyl (C=O) groups excluding carboxylic acids is 2. The summed E-state index contributed by atoms with van der Waals surface area (Å²) in [5.41, 5.74) is 1.97. The highest BCUT2D eigenvalue weighted by atomic mass is 16.3. The van der Waals surface area contributed by atoms with Crippen LogP contribution in [0.3, 0.4) is 0 Å². The molecule has 2 aromatic carbocycles. The summed E-state index contributed by atoms with van der Waals surface area (Å²) in [6, 6.07) is 13.9. The fourth-order valence-corrected chi connectivity index (χ4v) is 3.91. The molecular formula is C29H30N6O3. The van der Waals surface area contributed by atoms with Crippen LogP contribution in [-0.4, -0.2) is 57.3 Å². The Hall–Kier alpha value is -4.66. The van der Waals surface area contributed by atoms with Crippen molar-refractivity contribution in [2.75, 3.05) is 41.1 Å². The molecule has 0 bridgehead atoms. The van der Waals surface area contributed by atoms with Crippen LogP contribution in [0.25, 0.3) is 11.1 Å². The third kappa shape index (κ3) is 4.95. The zero-order chi connectivity index (χ0) is 34.0. The summed E-state index contributed by atoms with van der Waals surface area (Å²) >= 11 is 0. The summed E-state index contributed by atoms with van der Waals surface area (Å²) in [6.45, 7) is -9.80. The Bertz CT molecular complexity index is 1800. The highest BCUT2D eigenvalue weighted by molar-refractivity contribution is 6.47. The molecule has 0 radical (unpaired) electrons. The van der Waals surface area contributed by atoms with Gasteiger partial charge in [-0.1, -0.05) is 30.3 Å². The van der Waals surface area contributed by atoms with Crippen molar-refractivity contribution >= 4 is 29.0 Å². The summed E-state index contributed by atoms with van der Waals surface area (Å²) < 4.78 is 70.9. The zero-order valence-corrected chi connectivity index (χ0v) is 20.9. The first-order valence-corrected chi connectivity index (χ1v) is 11.6. The summed E-state index contributed by atoms with van der Waals surface area (Å²) in [5, 5.41) is 13.4. The summed E-state index contributed by atoms with van der Waals surface area (Å²) in [7, 11) is 1.65. The van der Waals surface area contributed by atoms with Gasteiger partial charge < -0.3 is 24.8 Å². The van der Waals surface area contributed by atoms with Crippen LogP contribution in [0.5, 0.6) is 5.75 Å². The average molecular weight is 519 g/mol. The van der Waals surface area contributed by atoms with Crippen LogP contribution in [0.1, 0.15) is 32.7 Å². The number of piperazine rings is 1. The number of aryl methyl sites for hydroxylation is 2. The van der Waals surface area contributed by atoms with Crippen LogP contribution in [-0.2, 0) is 11.8 Å². The number of benzene rings is 2. The van der Waals surface area contributed by atoms with E-state index >= 15 is 0 Å². The van der Waals surface area contributed by atoms with Crippen LogP contribution in [0.15, 0.2) is 67.0 Å². The number of nitrogens with one attached hydrogen (secondary N) is 1. The molecule has 38 heavy (non-hydrogen) atoms. The lowest BCUT2D eigenvalue weighted by Gasteiger charge is -2.36. The van der Waals surface area contributed by atoms with E-state index in [4.69, 9.17) is 11.0 Å². The smallest absolute Gasteiger partial charge is 0.298 e. The Morgan fingerprint density at radius 2 is 1.61 bits per heavy atom. The van der Waals surface area contributed by atoms with Gasteiger partial charge in [-0.15, -0.1) is 0 Å². The number of phenolic OH excluding ortho intramolecular Hbond substituents is 1. The SMILES string of the molecule is [2H]C1([2H])N(c2ncc(C)cn2)C([2H])([2H])C([2H])([2H])N(c2ccc(NC(=O)C(=O)c3c(-c4ccccc4)cc(C)n3C)cc2O)C1([2H])[2H]. The number of carbonyl (C=O) groups is 2. The van der Waals surface area contributed by atoms with Crippen LogP contribution in [0.4, 0.5) is 17.3 Å². The lowest BCUT2D eigenvalue weighted by molar-refractivity contribution is -0.112. The number of amides is 1. The number of hydrogen-bond donors (Lipinski definition) is 2.